The molecule has 32 heavy (non-hydrogen) atoms. The van der Waals surface area contributed by atoms with E-state index < -0.39 is 0 Å². The molecule has 3 aromatic carbocycles. The lowest BCUT2D eigenvalue weighted by Gasteiger charge is -2.28. The van der Waals surface area contributed by atoms with Crippen molar-refractivity contribution < 1.29 is 19.0 Å². The van der Waals surface area contributed by atoms with Gasteiger partial charge in [-0.1, -0.05) is 91.0 Å². The van der Waals surface area contributed by atoms with E-state index in [1.165, 1.54) is 0 Å². The average molecular weight is 432 g/mol. The normalized spacial score (nSPS) is 26.8. The zero-order chi connectivity index (χ0) is 21.6. The third kappa shape index (κ3) is 4.93. The summed E-state index contributed by atoms with van der Waals surface area (Å²) in [5.74, 6) is 0.167. The van der Waals surface area contributed by atoms with Crippen LogP contribution in [0.25, 0.3) is 0 Å². The standard InChI is InChI=1S/C27H29NO4/c1-4-10-20(11-5-1)16-29-25-23-19-32-28-24(23)26(30-17-21-12-6-2-7-13-21)27(25)31-18-22-14-8-3-9-15-22/h1-15,23-28H,16-19H2/t23-,24+,25+,26+,27+/m1/s1. The molecule has 5 rings (SSSR count). The highest BCUT2D eigenvalue weighted by Gasteiger charge is 2.55. The Morgan fingerprint density at radius 2 is 1.03 bits per heavy atom. The van der Waals surface area contributed by atoms with Crippen LogP contribution in [0.3, 0.4) is 0 Å². The van der Waals surface area contributed by atoms with Gasteiger partial charge in [-0.2, -0.15) is 5.48 Å². The molecule has 1 aliphatic heterocycles. The summed E-state index contributed by atoms with van der Waals surface area (Å²) in [5.41, 5.74) is 6.59. The first-order valence-corrected chi connectivity index (χ1v) is 11.2. The molecule has 5 nitrogen and oxygen atoms in total. The van der Waals surface area contributed by atoms with Gasteiger partial charge in [-0.25, -0.2) is 0 Å². The Morgan fingerprint density at radius 3 is 1.53 bits per heavy atom. The van der Waals surface area contributed by atoms with Crippen molar-refractivity contribution in [2.75, 3.05) is 6.61 Å². The molecule has 1 saturated carbocycles. The third-order valence-corrected chi connectivity index (χ3v) is 6.24. The van der Waals surface area contributed by atoms with Crippen molar-refractivity contribution in [1.29, 1.82) is 0 Å². The van der Waals surface area contributed by atoms with Gasteiger partial charge in [0.25, 0.3) is 0 Å². The van der Waals surface area contributed by atoms with Gasteiger partial charge in [-0.3, -0.25) is 0 Å². The predicted octanol–water partition coefficient (Wildman–Crippen LogP) is 4.28. The van der Waals surface area contributed by atoms with Crippen LogP contribution in [-0.4, -0.2) is 31.0 Å². The average Bonchev–Trinajstić information content (AvgIpc) is 3.43. The van der Waals surface area contributed by atoms with E-state index in [0.717, 1.165) is 16.7 Å². The van der Waals surface area contributed by atoms with Crippen molar-refractivity contribution in [3.8, 4) is 0 Å². The van der Waals surface area contributed by atoms with Crippen molar-refractivity contribution >= 4 is 0 Å². The lowest BCUT2D eigenvalue weighted by atomic mass is 10.0. The van der Waals surface area contributed by atoms with Crippen molar-refractivity contribution in [2.45, 2.75) is 44.2 Å². The maximum atomic E-state index is 6.48. The highest BCUT2D eigenvalue weighted by molar-refractivity contribution is 5.16. The predicted molar refractivity (Wildman–Crippen MR) is 121 cm³/mol. The van der Waals surface area contributed by atoms with Gasteiger partial charge < -0.3 is 19.0 Å². The minimum atomic E-state index is -0.200. The summed E-state index contributed by atoms with van der Waals surface area (Å²) in [7, 11) is 0. The fourth-order valence-electron chi connectivity index (χ4n) is 4.58. The number of hydroxylamine groups is 1. The van der Waals surface area contributed by atoms with E-state index >= 15 is 0 Å². The Morgan fingerprint density at radius 1 is 0.594 bits per heavy atom. The second-order valence-corrected chi connectivity index (χ2v) is 8.40. The van der Waals surface area contributed by atoms with Crippen LogP contribution in [0, 0.1) is 5.92 Å². The van der Waals surface area contributed by atoms with E-state index in [4.69, 9.17) is 19.0 Å². The Labute approximate surface area is 189 Å². The van der Waals surface area contributed by atoms with Crippen LogP contribution in [0.1, 0.15) is 16.7 Å². The van der Waals surface area contributed by atoms with Gasteiger partial charge in [0, 0.05) is 5.92 Å². The van der Waals surface area contributed by atoms with E-state index in [-0.39, 0.29) is 30.3 Å². The summed E-state index contributed by atoms with van der Waals surface area (Å²) >= 11 is 0. The lowest BCUT2D eigenvalue weighted by Crippen LogP contribution is -2.42. The van der Waals surface area contributed by atoms with Crippen molar-refractivity contribution in [2.24, 2.45) is 5.92 Å². The topological polar surface area (TPSA) is 49.0 Å². The summed E-state index contributed by atoms with van der Waals surface area (Å²) in [6, 6.07) is 30.7. The molecule has 0 unspecified atom stereocenters. The van der Waals surface area contributed by atoms with Gasteiger partial charge in [0.15, 0.2) is 0 Å². The monoisotopic (exact) mass is 431 g/mol. The molecule has 0 radical (unpaired) electrons. The first-order valence-electron chi connectivity index (χ1n) is 11.2. The molecular weight excluding hydrogens is 402 g/mol. The van der Waals surface area contributed by atoms with E-state index in [1.54, 1.807) is 0 Å². The van der Waals surface area contributed by atoms with E-state index in [1.807, 2.05) is 54.6 Å². The molecule has 1 saturated heterocycles. The quantitative estimate of drug-likeness (QED) is 0.548. The first-order chi connectivity index (χ1) is 15.9. The van der Waals surface area contributed by atoms with Crippen LogP contribution < -0.4 is 5.48 Å². The molecular formula is C27H29NO4. The van der Waals surface area contributed by atoms with Gasteiger partial charge in [0.2, 0.25) is 0 Å². The van der Waals surface area contributed by atoms with Crippen LogP contribution in [0.4, 0.5) is 0 Å². The van der Waals surface area contributed by atoms with Crippen molar-refractivity contribution in [3.05, 3.63) is 108 Å². The molecule has 0 amide bonds. The van der Waals surface area contributed by atoms with E-state index in [9.17, 15) is 0 Å². The Kier molecular flexibility index (Phi) is 6.92. The number of nitrogens with one attached hydrogen (secondary N) is 1. The van der Waals surface area contributed by atoms with Gasteiger partial charge in [0.1, 0.15) is 12.2 Å². The fraction of sp³-hybridized carbons (Fsp3) is 0.333. The Hall–Kier alpha value is -2.54. The number of ether oxygens (including phenoxy) is 3. The molecule has 1 aliphatic carbocycles. The molecule has 5 atom stereocenters. The molecule has 0 spiro atoms. The molecule has 1 heterocycles. The van der Waals surface area contributed by atoms with Gasteiger partial charge >= 0.3 is 0 Å². The second-order valence-electron chi connectivity index (χ2n) is 8.40. The van der Waals surface area contributed by atoms with Crippen molar-refractivity contribution in [1.82, 2.24) is 5.48 Å². The van der Waals surface area contributed by atoms with E-state index in [0.29, 0.717) is 26.4 Å². The zero-order valence-electron chi connectivity index (χ0n) is 18.0. The van der Waals surface area contributed by atoms with Crippen LogP contribution >= 0.6 is 0 Å². The van der Waals surface area contributed by atoms with Crippen molar-refractivity contribution in [3.63, 3.8) is 0 Å². The Bertz CT molecular complexity index is 896. The largest absolute Gasteiger partial charge is 0.370 e. The number of fused-ring (bicyclic) bond motifs is 1. The minimum absolute atomic E-state index is 0.0280. The first kappa shape index (κ1) is 21.3. The van der Waals surface area contributed by atoms with Crippen LogP contribution in [0.5, 0.6) is 0 Å². The van der Waals surface area contributed by atoms with Gasteiger partial charge in [-0.05, 0) is 16.7 Å². The molecule has 0 aromatic heterocycles. The summed E-state index contributed by atoms with van der Waals surface area (Å²) in [5, 5.41) is 0. The highest BCUT2D eigenvalue weighted by Crippen LogP contribution is 2.38. The summed E-state index contributed by atoms with van der Waals surface area (Å²) in [4.78, 5) is 5.62. The van der Waals surface area contributed by atoms with Crippen LogP contribution in [0.2, 0.25) is 0 Å². The minimum Gasteiger partial charge on any atom is -0.370 e. The van der Waals surface area contributed by atoms with Gasteiger partial charge in [-0.15, -0.1) is 0 Å². The molecule has 5 heteroatoms. The molecule has 2 aliphatic rings. The summed E-state index contributed by atoms with van der Waals surface area (Å²) in [6.45, 7) is 2.15. The summed E-state index contributed by atoms with van der Waals surface area (Å²) < 4.78 is 19.4. The number of benzene rings is 3. The fourth-order valence-corrected chi connectivity index (χ4v) is 4.58. The molecule has 1 N–H and O–H groups in total. The second kappa shape index (κ2) is 10.4. The zero-order valence-corrected chi connectivity index (χ0v) is 18.0. The maximum Gasteiger partial charge on any atom is 0.112 e. The van der Waals surface area contributed by atoms with Crippen LogP contribution in [-0.2, 0) is 38.9 Å². The number of hydrogen-bond acceptors (Lipinski definition) is 5. The molecule has 0 bridgehead atoms. The Balaban J connectivity index is 1.33. The highest BCUT2D eigenvalue weighted by atomic mass is 16.7. The van der Waals surface area contributed by atoms with E-state index in [2.05, 4.69) is 41.9 Å². The van der Waals surface area contributed by atoms with Crippen LogP contribution in [0.15, 0.2) is 91.0 Å². The molecule has 3 aromatic rings. The third-order valence-electron chi connectivity index (χ3n) is 6.24. The number of rotatable bonds is 9. The SMILES string of the molecule is c1ccc(CO[C@H]2[C@@H](OCc3ccccc3)[C@@H]3CON[C@@H]3[C@@H]2OCc2ccccc2)cc1. The maximum absolute atomic E-state index is 6.48. The smallest absolute Gasteiger partial charge is 0.112 e. The molecule has 2 fully saturated rings. The lowest BCUT2D eigenvalue weighted by molar-refractivity contribution is -0.140. The number of hydrogen-bond donors (Lipinski definition) is 1. The summed E-state index contributed by atoms with van der Waals surface area (Å²) in [6.07, 6.45) is -0.499. The molecule has 166 valence electrons. The van der Waals surface area contributed by atoms with Gasteiger partial charge in [0.05, 0.1) is 38.6 Å².